The number of esters is 1. The minimum absolute atomic E-state index is 0.0279. The van der Waals surface area contributed by atoms with E-state index in [0.29, 0.717) is 23.3 Å². The van der Waals surface area contributed by atoms with Crippen molar-refractivity contribution in [2.75, 3.05) is 6.61 Å². The van der Waals surface area contributed by atoms with Crippen molar-refractivity contribution >= 4 is 5.97 Å². The summed E-state index contributed by atoms with van der Waals surface area (Å²) in [6.45, 7) is 9.20. The highest BCUT2D eigenvalue weighted by Crippen LogP contribution is 2.39. The number of aromatic hydroxyl groups is 3. The molecule has 3 N–H and O–H groups in total. The van der Waals surface area contributed by atoms with Crippen LogP contribution in [-0.4, -0.2) is 38.1 Å². The lowest BCUT2D eigenvalue weighted by atomic mass is 9.82. The standard InChI is InChI=1S/C29H37NO6/c1-18(20-7-11-23(31)12-8-20)15-22(16-25-19(2)27(33)30(6)28(25)34)21-9-13-24(14-10-21)35-17-26(32)36-29(3,4)5/h7-14,18,22,31,33-34H,15-17H2,1-6H3. The summed E-state index contributed by atoms with van der Waals surface area (Å²) in [6.07, 6.45) is 1.31. The summed E-state index contributed by atoms with van der Waals surface area (Å²) in [6, 6.07) is 14.8. The van der Waals surface area contributed by atoms with E-state index in [0.717, 1.165) is 17.5 Å². The zero-order chi connectivity index (χ0) is 26.6. The molecule has 0 bridgehead atoms. The van der Waals surface area contributed by atoms with Crippen LogP contribution in [0.3, 0.4) is 0 Å². The average molecular weight is 496 g/mol. The van der Waals surface area contributed by atoms with Crippen molar-refractivity contribution in [3.8, 4) is 23.3 Å². The first-order valence-corrected chi connectivity index (χ1v) is 12.1. The van der Waals surface area contributed by atoms with Crippen LogP contribution in [-0.2, 0) is 23.0 Å². The van der Waals surface area contributed by atoms with Crippen LogP contribution in [0.1, 0.15) is 68.2 Å². The van der Waals surface area contributed by atoms with Gasteiger partial charge in [-0.05, 0) is 87.8 Å². The molecular formula is C29H37NO6. The summed E-state index contributed by atoms with van der Waals surface area (Å²) < 4.78 is 12.3. The van der Waals surface area contributed by atoms with Crippen LogP contribution in [0.2, 0.25) is 0 Å². The van der Waals surface area contributed by atoms with Crippen LogP contribution in [0.25, 0.3) is 0 Å². The molecule has 0 saturated carbocycles. The molecule has 0 aliphatic heterocycles. The molecule has 0 amide bonds. The molecule has 2 unspecified atom stereocenters. The Bertz CT molecular complexity index is 1150. The van der Waals surface area contributed by atoms with E-state index in [4.69, 9.17) is 9.47 Å². The van der Waals surface area contributed by atoms with Gasteiger partial charge in [0.25, 0.3) is 0 Å². The number of aromatic nitrogens is 1. The number of carbonyl (C=O) groups is 1. The van der Waals surface area contributed by atoms with Gasteiger partial charge >= 0.3 is 5.97 Å². The van der Waals surface area contributed by atoms with Gasteiger partial charge in [-0.1, -0.05) is 31.2 Å². The van der Waals surface area contributed by atoms with Crippen molar-refractivity contribution in [3.63, 3.8) is 0 Å². The fourth-order valence-electron chi connectivity index (χ4n) is 4.40. The molecule has 2 aromatic carbocycles. The number of carbonyl (C=O) groups excluding carboxylic acids is 1. The van der Waals surface area contributed by atoms with Gasteiger partial charge in [0.1, 0.15) is 17.1 Å². The molecule has 0 fully saturated rings. The molecule has 3 aromatic rings. The first kappa shape index (κ1) is 27.0. The molecule has 2 atom stereocenters. The Balaban J connectivity index is 1.81. The van der Waals surface area contributed by atoms with E-state index >= 15 is 0 Å². The molecule has 194 valence electrons. The third-order valence-corrected chi connectivity index (χ3v) is 6.37. The number of nitrogens with zero attached hydrogens (tertiary/aromatic N) is 1. The van der Waals surface area contributed by atoms with Gasteiger partial charge in [0.15, 0.2) is 18.4 Å². The largest absolute Gasteiger partial charge is 0.508 e. The number of rotatable bonds is 9. The van der Waals surface area contributed by atoms with Crippen molar-refractivity contribution in [1.82, 2.24) is 4.57 Å². The molecular weight excluding hydrogens is 458 g/mol. The normalized spacial score (nSPS) is 13.3. The number of phenolic OH excluding ortho intramolecular Hbond substituents is 1. The van der Waals surface area contributed by atoms with Crippen LogP contribution < -0.4 is 4.74 Å². The number of hydrogen-bond acceptors (Lipinski definition) is 6. The topological polar surface area (TPSA) is 101 Å². The third-order valence-electron chi connectivity index (χ3n) is 6.37. The molecule has 0 saturated heterocycles. The van der Waals surface area contributed by atoms with Crippen molar-refractivity contribution in [2.45, 2.75) is 64.9 Å². The van der Waals surface area contributed by atoms with E-state index in [-0.39, 0.29) is 36.0 Å². The summed E-state index contributed by atoms with van der Waals surface area (Å²) >= 11 is 0. The number of benzene rings is 2. The summed E-state index contributed by atoms with van der Waals surface area (Å²) in [5.74, 6) is 0.681. The molecule has 0 aliphatic carbocycles. The predicted octanol–water partition coefficient (Wildman–Crippen LogP) is 5.69. The highest BCUT2D eigenvalue weighted by Gasteiger charge is 2.24. The van der Waals surface area contributed by atoms with E-state index in [1.165, 1.54) is 4.57 Å². The molecule has 1 aromatic heterocycles. The average Bonchev–Trinajstić information content (AvgIpc) is 2.99. The molecule has 0 spiro atoms. The van der Waals surface area contributed by atoms with Gasteiger partial charge in [0.05, 0.1) is 0 Å². The van der Waals surface area contributed by atoms with Crippen LogP contribution >= 0.6 is 0 Å². The van der Waals surface area contributed by atoms with E-state index in [9.17, 15) is 20.1 Å². The lowest BCUT2D eigenvalue weighted by Crippen LogP contribution is -2.27. The van der Waals surface area contributed by atoms with E-state index in [2.05, 4.69) is 6.92 Å². The van der Waals surface area contributed by atoms with E-state index in [1.54, 1.807) is 26.1 Å². The summed E-state index contributed by atoms with van der Waals surface area (Å²) in [5, 5.41) is 30.6. The van der Waals surface area contributed by atoms with Gasteiger partial charge in [-0.2, -0.15) is 0 Å². The molecule has 0 radical (unpaired) electrons. The quantitative estimate of drug-likeness (QED) is 0.330. The maximum Gasteiger partial charge on any atom is 0.344 e. The zero-order valence-electron chi connectivity index (χ0n) is 21.9. The second-order valence-electron chi connectivity index (χ2n) is 10.4. The lowest BCUT2D eigenvalue weighted by molar-refractivity contribution is -0.157. The van der Waals surface area contributed by atoms with Crippen LogP contribution in [0.4, 0.5) is 0 Å². The zero-order valence-corrected chi connectivity index (χ0v) is 21.9. The number of ether oxygens (including phenoxy) is 2. The molecule has 7 nitrogen and oxygen atoms in total. The Labute approximate surface area is 212 Å². The van der Waals surface area contributed by atoms with E-state index in [1.807, 2.05) is 57.2 Å². The van der Waals surface area contributed by atoms with Gasteiger partial charge in [0, 0.05) is 18.2 Å². The lowest BCUT2D eigenvalue weighted by Gasteiger charge is -2.23. The highest BCUT2D eigenvalue weighted by molar-refractivity contribution is 5.71. The number of phenols is 1. The van der Waals surface area contributed by atoms with Gasteiger partial charge < -0.3 is 24.8 Å². The minimum Gasteiger partial charge on any atom is -0.508 e. The fourth-order valence-corrected chi connectivity index (χ4v) is 4.40. The SMILES string of the molecule is Cc1c(CC(CC(C)c2ccc(O)cc2)c2ccc(OCC(=O)OC(C)(C)C)cc2)c(O)n(C)c1O. The van der Waals surface area contributed by atoms with Crippen LogP contribution in [0.15, 0.2) is 48.5 Å². The smallest absolute Gasteiger partial charge is 0.344 e. The summed E-state index contributed by atoms with van der Waals surface area (Å²) in [4.78, 5) is 12.0. The van der Waals surface area contributed by atoms with Crippen LogP contribution in [0, 0.1) is 6.92 Å². The maximum absolute atomic E-state index is 12.0. The summed E-state index contributed by atoms with van der Waals surface area (Å²) in [5.41, 5.74) is 2.96. The van der Waals surface area contributed by atoms with E-state index < -0.39 is 11.6 Å². The monoisotopic (exact) mass is 495 g/mol. The Kier molecular flexibility index (Phi) is 8.23. The molecule has 0 aliphatic rings. The highest BCUT2D eigenvalue weighted by atomic mass is 16.6. The Hall–Kier alpha value is -3.61. The van der Waals surface area contributed by atoms with Crippen LogP contribution in [0.5, 0.6) is 23.3 Å². The van der Waals surface area contributed by atoms with Crippen molar-refractivity contribution in [3.05, 3.63) is 70.8 Å². The Morgan fingerprint density at radius 1 is 0.944 bits per heavy atom. The fraction of sp³-hybridized carbons (Fsp3) is 0.414. The van der Waals surface area contributed by atoms with Gasteiger partial charge in [-0.25, -0.2) is 4.79 Å². The molecule has 7 heteroatoms. The van der Waals surface area contributed by atoms with Crippen molar-refractivity contribution in [1.29, 1.82) is 0 Å². The molecule has 3 rings (SSSR count). The Morgan fingerprint density at radius 3 is 2.06 bits per heavy atom. The maximum atomic E-state index is 12.0. The van der Waals surface area contributed by atoms with Crippen molar-refractivity contribution < 1.29 is 29.6 Å². The molecule has 1 heterocycles. The second-order valence-corrected chi connectivity index (χ2v) is 10.4. The summed E-state index contributed by atoms with van der Waals surface area (Å²) in [7, 11) is 1.63. The Morgan fingerprint density at radius 2 is 1.53 bits per heavy atom. The minimum atomic E-state index is -0.568. The first-order valence-electron chi connectivity index (χ1n) is 12.1. The van der Waals surface area contributed by atoms with Gasteiger partial charge in [-0.3, -0.25) is 4.57 Å². The predicted molar refractivity (Wildman–Crippen MR) is 139 cm³/mol. The van der Waals surface area contributed by atoms with Gasteiger partial charge in [-0.15, -0.1) is 0 Å². The first-order chi connectivity index (χ1) is 16.9. The van der Waals surface area contributed by atoms with Crippen molar-refractivity contribution in [2.24, 2.45) is 7.05 Å². The molecule has 36 heavy (non-hydrogen) atoms. The third kappa shape index (κ3) is 6.74. The number of hydrogen-bond donors (Lipinski definition) is 3. The second kappa shape index (κ2) is 11.0. The van der Waals surface area contributed by atoms with Gasteiger partial charge in [0.2, 0.25) is 0 Å².